The Labute approximate surface area is 95.8 Å². The number of nitrogens with two attached hydrogens (primary N) is 1. The molecule has 14 heavy (non-hydrogen) atoms. The first-order valence-electron chi connectivity index (χ1n) is 3.80. The summed E-state index contributed by atoms with van der Waals surface area (Å²) in [6.07, 6.45) is 4.96. The van der Waals surface area contributed by atoms with Gasteiger partial charge in [0.2, 0.25) is 0 Å². The van der Waals surface area contributed by atoms with Crippen LogP contribution in [-0.2, 0) is 4.74 Å². The highest BCUT2D eigenvalue weighted by Gasteiger charge is 2.07. The maximum absolute atomic E-state index is 11.3. The Morgan fingerprint density at radius 2 is 2.29 bits per heavy atom. The van der Waals surface area contributed by atoms with Crippen molar-refractivity contribution in [2.75, 3.05) is 12.3 Å². The molecule has 72 valence electrons. The van der Waals surface area contributed by atoms with Crippen molar-refractivity contribution in [1.82, 2.24) is 0 Å². The number of esters is 1. The van der Waals surface area contributed by atoms with Gasteiger partial charge in [-0.2, -0.15) is 0 Å². The number of anilines is 1. The molecule has 0 radical (unpaired) electrons. The van der Waals surface area contributed by atoms with E-state index in [0.717, 1.165) is 3.57 Å². The van der Waals surface area contributed by atoms with Crippen LogP contribution in [0.15, 0.2) is 18.2 Å². The minimum Gasteiger partial charge on any atom is -0.449 e. The van der Waals surface area contributed by atoms with E-state index in [4.69, 9.17) is 16.9 Å². The van der Waals surface area contributed by atoms with Crippen LogP contribution in [0.2, 0.25) is 0 Å². The Morgan fingerprint density at radius 1 is 1.57 bits per heavy atom. The molecule has 0 saturated heterocycles. The molecule has 0 spiro atoms. The normalized spacial score (nSPS) is 9.14. The van der Waals surface area contributed by atoms with Gasteiger partial charge < -0.3 is 10.5 Å². The first-order chi connectivity index (χ1) is 6.63. The van der Waals surface area contributed by atoms with Gasteiger partial charge in [-0.3, -0.25) is 0 Å². The summed E-state index contributed by atoms with van der Waals surface area (Å²) in [4.78, 5) is 11.3. The number of carbonyl (C=O) groups is 1. The minimum atomic E-state index is -0.451. The smallest absolute Gasteiger partial charge is 0.339 e. The Balaban J connectivity index is 2.85. The Kier molecular flexibility index (Phi) is 3.77. The number of ether oxygens (including phenoxy) is 1. The zero-order valence-electron chi connectivity index (χ0n) is 7.29. The number of benzene rings is 1. The summed E-state index contributed by atoms with van der Waals surface area (Å²) < 4.78 is 5.64. The maximum atomic E-state index is 11.3. The molecule has 0 aliphatic carbocycles. The molecule has 0 heterocycles. The Bertz CT molecular complexity index is 375. The monoisotopic (exact) mass is 301 g/mol. The largest absolute Gasteiger partial charge is 0.449 e. The van der Waals surface area contributed by atoms with E-state index in [0.29, 0.717) is 11.3 Å². The fourth-order valence-electron chi connectivity index (χ4n) is 0.921. The van der Waals surface area contributed by atoms with Crippen LogP contribution in [0.3, 0.4) is 0 Å². The zero-order chi connectivity index (χ0) is 10.6. The predicted molar refractivity (Wildman–Crippen MR) is 62.7 cm³/mol. The summed E-state index contributed by atoms with van der Waals surface area (Å²) in [5, 5.41) is 0. The van der Waals surface area contributed by atoms with Crippen molar-refractivity contribution in [3.63, 3.8) is 0 Å². The third kappa shape index (κ3) is 2.92. The molecule has 0 bridgehead atoms. The lowest BCUT2D eigenvalue weighted by molar-refractivity contribution is 0.0556. The second-order valence-corrected chi connectivity index (χ2v) is 3.80. The van der Waals surface area contributed by atoms with Crippen molar-refractivity contribution in [2.45, 2.75) is 0 Å². The van der Waals surface area contributed by atoms with Gasteiger partial charge in [0.1, 0.15) is 0 Å². The molecule has 2 N–H and O–H groups in total. The second-order valence-electron chi connectivity index (χ2n) is 2.55. The van der Waals surface area contributed by atoms with Crippen molar-refractivity contribution in [2.24, 2.45) is 0 Å². The molecular formula is C10H8INO2. The quantitative estimate of drug-likeness (QED) is 0.391. The lowest BCUT2D eigenvalue weighted by atomic mass is 10.2. The van der Waals surface area contributed by atoms with Crippen molar-refractivity contribution in [1.29, 1.82) is 0 Å². The van der Waals surface area contributed by atoms with Gasteiger partial charge in [-0.05, 0) is 40.8 Å². The van der Waals surface area contributed by atoms with E-state index in [1.807, 2.05) is 0 Å². The fraction of sp³-hybridized carbons (Fsp3) is 0.100. The van der Waals surface area contributed by atoms with E-state index in [9.17, 15) is 4.79 Å². The number of carbonyl (C=O) groups excluding carboxylic acids is 1. The summed E-state index contributed by atoms with van der Waals surface area (Å²) >= 11 is 2.07. The molecular weight excluding hydrogens is 293 g/mol. The standard InChI is InChI=1S/C10H8INO2/c1-2-3-14-10(13)7-4-8(11)6-9(12)5-7/h1,4-6H,3,12H2. The van der Waals surface area contributed by atoms with Crippen molar-refractivity contribution in [3.05, 3.63) is 27.3 Å². The molecule has 1 aromatic rings. The van der Waals surface area contributed by atoms with Gasteiger partial charge in [-0.1, -0.05) is 5.92 Å². The third-order valence-corrected chi connectivity index (χ3v) is 2.07. The average molecular weight is 301 g/mol. The predicted octanol–water partition coefficient (Wildman–Crippen LogP) is 1.66. The van der Waals surface area contributed by atoms with E-state index in [1.165, 1.54) is 0 Å². The number of hydrogen-bond acceptors (Lipinski definition) is 3. The number of terminal acetylenes is 1. The third-order valence-electron chi connectivity index (χ3n) is 1.44. The van der Waals surface area contributed by atoms with E-state index in [1.54, 1.807) is 18.2 Å². The van der Waals surface area contributed by atoms with E-state index in [-0.39, 0.29) is 6.61 Å². The van der Waals surface area contributed by atoms with Crippen LogP contribution in [-0.4, -0.2) is 12.6 Å². The first kappa shape index (κ1) is 10.9. The summed E-state index contributed by atoms with van der Waals surface area (Å²) in [5.74, 6) is 1.77. The summed E-state index contributed by atoms with van der Waals surface area (Å²) in [6, 6.07) is 5.01. The Morgan fingerprint density at radius 3 is 2.86 bits per heavy atom. The Hall–Kier alpha value is -1.22. The first-order valence-corrected chi connectivity index (χ1v) is 4.88. The van der Waals surface area contributed by atoms with Crippen LogP contribution < -0.4 is 5.73 Å². The molecule has 1 rings (SSSR count). The number of hydrogen-bond donors (Lipinski definition) is 1. The highest BCUT2D eigenvalue weighted by Crippen LogP contribution is 2.14. The second kappa shape index (κ2) is 4.86. The fourth-order valence-corrected chi connectivity index (χ4v) is 1.62. The minimum absolute atomic E-state index is 0.0236. The van der Waals surface area contributed by atoms with Crippen LogP contribution in [0.4, 0.5) is 5.69 Å². The molecule has 0 aliphatic heterocycles. The van der Waals surface area contributed by atoms with Gasteiger partial charge >= 0.3 is 5.97 Å². The molecule has 0 amide bonds. The highest BCUT2D eigenvalue weighted by molar-refractivity contribution is 14.1. The molecule has 4 heteroatoms. The summed E-state index contributed by atoms with van der Waals surface area (Å²) in [7, 11) is 0. The molecule has 0 atom stereocenters. The van der Waals surface area contributed by atoms with Gasteiger partial charge in [0.25, 0.3) is 0 Å². The van der Waals surface area contributed by atoms with Gasteiger partial charge in [0.15, 0.2) is 6.61 Å². The number of nitrogen functional groups attached to an aromatic ring is 1. The van der Waals surface area contributed by atoms with E-state index >= 15 is 0 Å². The van der Waals surface area contributed by atoms with Crippen molar-refractivity contribution >= 4 is 34.2 Å². The lowest BCUT2D eigenvalue weighted by Gasteiger charge is -2.02. The SMILES string of the molecule is C#CCOC(=O)c1cc(N)cc(I)c1. The maximum Gasteiger partial charge on any atom is 0.339 e. The summed E-state index contributed by atoms with van der Waals surface area (Å²) in [5.41, 5.74) is 6.53. The van der Waals surface area contributed by atoms with Crippen LogP contribution in [0, 0.1) is 15.9 Å². The average Bonchev–Trinajstić information content (AvgIpc) is 2.12. The van der Waals surface area contributed by atoms with Gasteiger partial charge in [-0.25, -0.2) is 4.79 Å². The van der Waals surface area contributed by atoms with E-state index in [2.05, 4.69) is 28.5 Å². The van der Waals surface area contributed by atoms with Gasteiger partial charge in [-0.15, -0.1) is 6.42 Å². The topological polar surface area (TPSA) is 52.3 Å². The number of halogens is 1. The molecule has 0 saturated carbocycles. The summed E-state index contributed by atoms with van der Waals surface area (Å²) in [6.45, 7) is -0.0236. The van der Waals surface area contributed by atoms with Gasteiger partial charge in [0, 0.05) is 9.26 Å². The highest BCUT2D eigenvalue weighted by atomic mass is 127. The zero-order valence-corrected chi connectivity index (χ0v) is 9.45. The lowest BCUT2D eigenvalue weighted by Crippen LogP contribution is -2.06. The van der Waals surface area contributed by atoms with Crippen LogP contribution in [0.5, 0.6) is 0 Å². The molecule has 0 unspecified atom stereocenters. The van der Waals surface area contributed by atoms with Crippen molar-refractivity contribution < 1.29 is 9.53 Å². The van der Waals surface area contributed by atoms with Gasteiger partial charge in [0.05, 0.1) is 5.56 Å². The van der Waals surface area contributed by atoms with Crippen LogP contribution >= 0.6 is 22.6 Å². The molecule has 0 aromatic heterocycles. The number of rotatable bonds is 2. The van der Waals surface area contributed by atoms with E-state index < -0.39 is 5.97 Å². The van der Waals surface area contributed by atoms with Crippen molar-refractivity contribution in [3.8, 4) is 12.3 Å². The molecule has 3 nitrogen and oxygen atoms in total. The molecule has 0 fully saturated rings. The molecule has 1 aromatic carbocycles. The molecule has 0 aliphatic rings. The van der Waals surface area contributed by atoms with Crippen LogP contribution in [0.25, 0.3) is 0 Å². The van der Waals surface area contributed by atoms with Crippen LogP contribution in [0.1, 0.15) is 10.4 Å².